The maximum Gasteiger partial charge on any atom is 0.277 e. The average Bonchev–Trinajstić information content (AvgIpc) is 2.99. The van der Waals surface area contributed by atoms with Crippen LogP contribution in [0.25, 0.3) is 0 Å². The SMILES string of the molecule is Cc1ccc(Nc2ccc(C(=O)N3c4ccccc4CC3C)nc2)cc1. The molecule has 4 nitrogen and oxygen atoms in total. The number of rotatable bonds is 3. The van der Waals surface area contributed by atoms with E-state index in [0.29, 0.717) is 5.69 Å². The van der Waals surface area contributed by atoms with Gasteiger partial charge in [0.15, 0.2) is 0 Å². The molecule has 0 saturated carbocycles. The maximum atomic E-state index is 13.0. The summed E-state index contributed by atoms with van der Waals surface area (Å²) in [5.41, 5.74) is 5.75. The predicted molar refractivity (Wildman–Crippen MR) is 105 cm³/mol. The van der Waals surface area contributed by atoms with Crippen LogP contribution in [0.5, 0.6) is 0 Å². The molecule has 1 atom stereocenters. The smallest absolute Gasteiger partial charge is 0.277 e. The first-order valence-electron chi connectivity index (χ1n) is 8.83. The first-order valence-corrected chi connectivity index (χ1v) is 8.83. The fourth-order valence-corrected chi connectivity index (χ4v) is 3.40. The molecule has 1 unspecified atom stereocenters. The van der Waals surface area contributed by atoms with E-state index in [1.165, 1.54) is 11.1 Å². The van der Waals surface area contributed by atoms with Crippen LogP contribution in [0.1, 0.15) is 28.5 Å². The van der Waals surface area contributed by atoms with Crippen LogP contribution in [-0.2, 0) is 6.42 Å². The van der Waals surface area contributed by atoms with Crippen LogP contribution in [0.2, 0.25) is 0 Å². The van der Waals surface area contributed by atoms with E-state index in [2.05, 4.69) is 42.3 Å². The summed E-state index contributed by atoms with van der Waals surface area (Å²) >= 11 is 0. The molecule has 1 aromatic heterocycles. The Morgan fingerprint density at radius 3 is 2.50 bits per heavy atom. The molecule has 1 aliphatic rings. The molecule has 0 radical (unpaired) electrons. The predicted octanol–water partition coefficient (Wildman–Crippen LogP) is 4.73. The van der Waals surface area contributed by atoms with Crippen molar-refractivity contribution in [2.24, 2.45) is 0 Å². The zero-order valence-electron chi connectivity index (χ0n) is 14.9. The molecule has 0 fully saturated rings. The summed E-state index contributed by atoms with van der Waals surface area (Å²) in [7, 11) is 0. The second kappa shape index (κ2) is 6.64. The number of pyridine rings is 1. The number of amides is 1. The Bertz CT molecular complexity index is 932. The summed E-state index contributed by atoms with van der Waals surface area (Å²) < 4.78 is 0. The molecular formula is C22H21N3O. The van der Waals surface area contributed by atoms with Gasteiger partial charge in [0.1, 0.15) is 5.69 Å². The summed E-state index contributed by atoms with van der Waals surface area (Å²) in [5, 5.41) is 3.30. The van der Waals surface area contributed by atoms with Crippen LogP contribution >= 0.6 is 0 Å². The molecule has 4 heteroatoms. The zero-order chi connectivity index (χ0) is 18.1. The summed E-state index contributed by atoms with van der Waals surface area (Å²) in [4.78, 5) is 19.2. The number of fused-ring (bicyclic) bond motifs is 1. The number of anilines is 3. The molecule has 2 heterocycles. The number of aromatic nitrogens is 1. The number of hydrogen-bond acceptors (Lipinski definition) is 3. The van der Waals surface area contributed by atoms with Crippen molar-refractivity contribution in [2.45, 2.75) is 26.3 Å². The first kappa shape index (κ1) is 16.3. The lowest BCUT2D eigenvalue weighted by molar-refractivity contribution is 0.0976. The summed E-state index contributed by atoms with van der Waals surface area (Å²) in [6.45, 7) is 4.13. The van der Waals surface area contributed by atoms with Gasteiger partial charge in [0.05, 0.1) is 11.9 Å². The Morgan fingerprint density at radius 1 is 1.04 bits per heavy atom. The fourth-order valence-electron chi connectivity index (χ4n) is 3.40. The Hall–Kier alpha value is -3.14. The lowest BCUT2D eigenvalue weighted by Crippen LogP contribution is -2.36. The highest BCUT2D eigenvalue weighted by Gasteiger charge is 2.31. The van der Waals surface area contributed by atoms with Gasteiger partial charge in [0, 0.05) is 17.4 Å². The van der Waals surface area contributed by atoms with E-state index >= 15 is 0 Å². The molecule has 0 bridgehead atoms. The van der Waals surface area contributed by atoms with Crippen LogP contribution in [0.3, 0.4) is 0 Å². The standard InChI is InChI=1S/C22H21N3O/c1-15-7-9-18(10-8-15)24-19-11-12-20(23-14-19)22(26)25-16(2)13-17-5-3-4-6-21(17)25/h3-12,14,16,24H,13H2,1-2H3. The molecule has 26 heavy (non-hydrogen) atoms. The zero-order valence-corrected chi connectivity index (χ0v) is 14.9. The van der Waals surface area contributed by atoms with Gasteiger partial charge < -0.3 is 10.2 Å². The number of aryl methyl sites for hydroxylation is 1. The minimum atomic E-state index is -0.0515. The number of hydrogen-bond donors (Lipinski definition) is 1. The number of nitrogens with one attached hydrogen (secondary N) is 1. The van der Waals surface area contributed by atoms with Crippen LogP contribution in [0, 0.1) is 6.92 Å². The average molecular weight is 343 g/mol. The van der Waals surface area contributed by atoms with E-state index < -0.39 is 0 Å². The van der Waals surface area contributed by atoms with Crippen molar-refractivity contribution < 1.29 is 4.79 Å². The molecule has 3 aromatic rings. The van der Waals surface area contributed by atoms with Crippen molar-refractivity contribution in [3.8, 4) is 0 Å². The third kappa shape index (κ3) is 3.06. The lowest BCUT2D eigenvalue weighted by Gasteiger charge is -2.22. The second-order valence-corrected chi connectivity index (χ2v) is 6.78. The number of benzene rings is 2. The Balaban J connectivity index is 1.53. The third-order valence-corrected chi connectivity index (χ3v) is 4.75. The van der Waals surface area contributed by atoms with Crippen molar-refractivity contribution in [3.05, 3.63) is 83.7 Å². The van der Waals surface area contributed by atoms with Gasteiger partial charge in [0.25, 0.3) is 5.91 Å². The van der Waals surface area contributed by atoms with E-state index in [0.717, 1.165) is 23.5 Å². The molecule has 130 valence electrons. The summed E-state index contributed by atoms with van der Waals surface area (Å²) in [5.74, 6) is -0.0515. The van der Waals surface area contributed by atoms with Gasteiger partial charge >= 0.3 is 0 Å². The minimum absolute atomic E-state index is 0.0515. The number of carbonyl (C=O) groups is 1. The lowest BCUT2D eigenvalue weighted by atomic mass is 10.1. The summed E-state index contributed by atoms with van der Waals surface area (Å²) in [6, 6.07) is 20.1. The van der Waals surface area contributed by atoms with Crippen LogP contribution in [0.15, 0.2) is 66.9 Å². The fraction of sp³-hybridized carbons (Fsp3) is 0.182. The minimum Gasteiger partial charge on any atom is -0.354 e. The van der Waals surface area contributed by atoms with Crippen molar-refractivity contribution >= 4 is 23.0 Å². The van der Waals surface area contributed by atoms with Crippen molar-refractivity contribution in [1.29, 1.82) is 0 Å². The highest BCUT2D eigenvalue weighted by Crippen LogP contribution is 2.32. The van der Waals surface area contributed by atoms with Gasteiger partial charge in [-0.05, 0) is 56.2 Å². The highest BCUT2D eigenvalue weighted by molar-refractivity contribution is 6.06. The Kier molecular flexibility index (Phi) is 4.17. The van der Waals surface area contributed by atoms with Gasteiger partial charge in [-0.15, -0.1) is 0 Å². The molecule has 0 spiro atoms. The van der Waals surface area contributed by atoms with Gasteiger partial charge in [-0.2, -0.15) is 0 Å². The monoisotopic (exact) mass is 343 g/mol. The van der Waals surface area contributed by atoms with Gasteiger partial charge in [-0.1, -0.05) is 35.9 Å². The Morgan fingerprint density at radius 2 is 1.77 bits per heavy atom. The van der Waals surface area contributed by atoms with Gasteiger partial charge in [0.2, 0.25) is 0 Å². The number of nitrogens with zero attached hydrogens (tertiary/aromatic N) is 2. The number of para-hydroxylation sites is 1. The summed E-state index contributed by atoms with van der Waals surface area (Å²) in [6.07, 6.45) is 2.59. The second-order valence-electron chi connectivity index (χ2n) is 6.78. The molecule has 4 rings (SSSR count). The largest absolute Gasteiger partial charge is 0.354 e. The van der Waals surface area contributed by atoms with Crippen molar-refractivity contribution in [3.63, 3.8) is 0 Å². The van der Waals surface area contributed by atoms with E-state index in [1.54, 1.807) is 12.3 Å². The first-order chi connectivity index (χ1) is 12.6. The normalized spacial score (nSPS) is 15.6. The number of carbonyl (C=O) groups excluding carboxylic acids is 1. The Labute approximate surface area is 153 Å². The van der Waals surface area contributed by atoms with E-state index in [4.69, 9.17) is 0 Å². The van der Waals surface area contributed by atoms with Crippen LogP contribution in [-0.4, -0.2) is 16.9 Å². The van der Waals surface area contributed by atoms with Crippen molar-refractivity contribution in [1.82, 2.24) is 4.98 Å². The molecule has 0 saturated heterocycles. The topological polar surface area (TPSA) is 45.2 Å². The van der Waals surface area contributed by atoms with Crippen LogP contribution in [0.4, 0.5) is 17.1 Å². The quantitative estimate of drug-likeness (QED) is 0.748. The molecule has 1 N–H and O–H groups in total. The van der Waals surface area contributed by atoms with E-state index in [9.17, 15) is 4.79 Å². The molecule has 2 aromatic carbocycles. The maximum absolute atomic E-state index is 13.0. The third-order valence-electron chi connectivity index (χ3n) is 4.75. The molecule has 1 aliphatic heterocycles. The van der Waals surface area contributed by atoms with Crippen molar-refractivity contribution in [2.75, 3.05) is 10.2 Å². The molecule has 0 aliphatic carbocycles. The van der Waals surface area contributed by atoms with Crippen LogP contribution < -0.4 is 10.2 Å². The van der Waals surface area contributed by atoms with E-state index in [1.807, 2.05) is 41.3 Å². The van der Waals surface area contributed by atoms with Gasteiger partial charge in [-0.3, -0.25) is 4.79 Å². The van der Waals surface area contributed by atoms with Gasteiger partial charge in [-0.25, -0.2) is 4.98 Å². The highest BCUT2D eigenvalue weighted by atomic mass is 16.2. The molecular weight excluding hydrogens is 322 g/mol. The molecule has 1 amide bonds. The van der Waals surface area contributed by atoms with E-state index in [-0.39, 0.29) is 11.9 Å².